The zero-order valence-corrected chi connectivity index (χ0v) is 9.13. The average Bonchev–Trinajstić information content (AvgIpc) is 2.51. The van der Waals surface area contributed by atoms with E-state index < -0.39 is 5.97 Å². The lowest BCUT2D eigenvalue weighted by Crippen LogP contribution is -2.26. The van der Waals surface area contributed by atoms with Gasteiger partial charge in [0.15, 0.2) is 0 Å². The van der Waals surface area contributed by atoms with E-state index in [1.165, 1.54) is 11.8 Å². The van der Waals surface area contributed by atoms with Crippen LogP contribution in [0.5, 0.6) is 0 Å². The Morgan fingerprint density at radius 1 is 1.79 bits per heavy atom. The second-order valence-corrected chi connectivity index (χ2v) is 4.89. The molecule has 4 nitrogen and oxygen atoms in total. The molecular formula is C9H17NO3S. The van der Waals surface area contributed by atoms with Crippen molar-refractivity contribution in [2.24, 2.45) is 5.73 Å². The van der Waals surface area contributed by atoms with Gasteiger partial charge in [0.2, 0.25) is 0 Å². The summed E-state index contributed by atoms with van der Waals surface area (Å²) >= 11 is 1.49. The Kier molecular flexibility index (Phi) is 4.71. The van der Waals surface area contributed by atoms with Crippen LogP contribution in [0.2, 0.25) is 0 Å². The Bertz CT molecular complexity index is 200. The Balaban J connectivity index is 2.41. The van der Waals surface area contributed by atoms with Crippen LogP contribution in [0.25, 0.3) is 0 Å². The standard InChI is InChI=1S/C9H17NO3S/c1-6-7(3-5-13-6)14-8(2-4-10)9(11)12/h6-8H,2-5,10H2,1H3,(H,11,12). The number of carboxylic acids is 1. The molecule has 0 aromatic heterocycles. The fraction of sp³-hybridized carbons (Fsp3) is 0.889. The number of hydrogen-bond donors (Lipinski definition) is 2. The number of hydrogen-bond acceptors (Lipinski definition) is 4. The third kappa shape index (κ3) is 3.15. The summed E-state index contributed by atoms with van der Waals surface area (Å²) in [5.41, 5.74) is 5.37. The monoisotopic (exact) mass is 219 g/mol. The Hall–Kier alpha value is -0.260. The molecule has 1 aliphatic rings. The highest BCUT2D eigenvalue weighted by Crippen LogP contribution is 2.30. The number of rotatable bonds is 5. The SMILES string of the molecule is CC1OCCC1SC(CCN)C(=O)O. The molecule has 3 unspecified atom stereocenters. The Labute approximate surface area is 88.2 Å². The molecular weight excluding hydrogens is 202 g/mol. The van der Waals surface area contributed by atoms with Crippen LogP contribution in [0.4, 0.5) is 0 Å². The molecule has 0 aliphatic carbocycles. The van der Waals surface area contributed by atoms with E-state index in [2.05, 4.69) is 0 Å². The summed E-state index contributed by atoms with van der Waals surface area (Å²) < 4.78 is 5.38. The maximum absolute atomic E-state index is 10.9. The van der Waals surface area contributed by atoms with Crippen molar-refractivity contribution in [3.05, 3.63) is 0 Å². The average molecular weight is 219 g/mol. The number of ether oxygens (including phenoxy) is 1. The maximum Gasteiger partial charge on any atom is 0.316 e. The zero-order chi connectivity index (χ0) is 10.6. The molecule has 0 spiro atoms. The second kappa shape index (κ2) is 5.58. The van der Waals surface area contributed by atoms with Crippen molar-refractivity contribution in [3.8, 4) is 0 Å². The van der Waals surface area contributed by atoms with Gasteiger partial charge in [0.05, 0.1) is 6.10 Å². The van der Waals surface area contributed by atoms with Gasteiger partial charge in [-0.15, -0.1) is 11.8 Å². The van der Waals surface area contributed by atoms with Crippen molar-refractivity contribution < 1.29 is 14.6 Å². The lowest BCUT2D eigenvalue weighted by molar-refractivity contribution is -0.136. The first-order valence-electron chi connectivity index (χ1n) is 4.85. The van der Waals surface area contributed by atoms with Crippen molar-refractivity contribution >= 4 is 17.7 Å². The summed E-state index contributed by atoms with van der Waals surface area (Å²) in [6.45, 7) is 3.16. The van der Waals surface area contributed by atoms with E-state index in [1.807, 2.05) is 6.92 Å². The number of nitrogens with two attached hydrogens (primary N) is 1. The molecule has 5 heteroatoms. The molecule has 1 rings (SSSR count). The van der Waals surface area contributed by atoms with Gasteiger partial charge in [-0.25, -0.2) is 0 Å². The van der Waals surface area contributed by atoms with Crippen LogP contribution in [0.3, 0.4) is 0 Å². The van der Waals surface area contributed by atoms with Gasteiger partial charge in [-0.3, -0.25) is 4.79 Å². The summed E-state index contributed by atoms with van der Waals surface area (Å²) in [6, 6.07) is 0. The molecule has 1 fully saturated rings. The molecule has 0 amide bonds. The van der Waals surface area contributed by atoms with Crippen LogP contribution < -0.4 is 5.73 Å². The Morgan fingerprint density at radius 2 is 2.50 bits per heavy atom. The summed E-state index contributed by atoms with van der Waals surface area (Å²) in [7, 11) is 0. The predicted molar refractivity (Wildman–Crippen MR) is 56.5 cm³/mol. The minimum atomic E-state index is -0.764. The van der Waals surface area contributed by atoms with Crippen LogP contribution in [-0.4, -0.2) is 40.8 Å². The number of carboxylic acid groups (broad SMARTS) is 1. The largest absolute Gasteiger partial charge is 0.480 e. The van der Waals surface area contributed by atoms with Crippen LogP contribution in [-0.2, 0) is 9.53 Å². The summed E-state index contributed by atoms with van der Waals surface area (Å²) in [4.78, 5) is 10.9. The van der Waals surface area contributed by atoms with Crippen molar-refractivity contribution in [1.82, 2.24) is 0 Å². The normalized spacial score (nSPS) is 29.0. The molecule has 1 saturated heterocycles. The van der Waals surface area contributed by atoms with E-state index in [0.717, 1.165) is 13.0 Å². The van der Waals surface area contributed by atoms with Crippen molar-refractivity contribution in [2.75, 3.05) is 13.2 Å². The van der Waals surface area contributed by atoms with Crippen LogP contribution in [0.1, 0.15) is 19.8 Å². The lowest BCUT2D eigenvalue weighted by Gasteiger charge is -2.18. The number of aliphatic carboxylic acids is 1. The van der Waals surface area contributed by atoms with Gasteiger partial charge in [-0.2, -0.15) is 0 Å². The highest BCUT2D eigenvalue weighted by molar-refractivity contribution is 8.01. The first kappa shape index (κ1) is 11.8. The number of carbonyl (C=O) groups is 1. The van der Waals surface area contributed by atoms with Gasteiger partial charge in [0, 0.05) is 11.9 Å². The molecule has 0 radical (unpaired) electrons. The van der Waals surface area contributed by atoms with E-state index in [0.29, 0.717) is 18.2 Å². The fourth-order valence-corrected chi connectivity index (χ4v) is 2.85. The predicted octanol–water partition coefficient (Wildman–Crippen LogP) is 0.699. The van der Waals surface area contributed by atoms with Crippen LogP contribution in [0, 0.1) is 0 Å². The van der Waals surface area contributed by atoms with E-state index in [-0.39, 0.29) is 11.4 Å². The van der Waals surface area contributed by atoms with Gasteiger partial charge in [0.1, 0.15) is 5.25 Å². The minimum Gasteiger partial charge on any atom is -0.480 e. The van der Waals surface area contributed by atoms with Gasteiger partial charge >= 0.3 is 5.97 Å². The highest BCUT2D eigenvalue weighted by atomic mass is 32.2. The van der Waals surface area contributed by atoms with Crippen molar-refractivity contribution in [2.45, 2.75) is 36.4 Å². The second-order valence-electron chi connectivity index (χ2n) is 3.44. The summed E-state index contributed by atoms with van der Waals surface area (Å²) in [5, 5.41) is 8.86. The molecule has 14 heavy (non-hydrogen) atoms. The van der Waals surface area contributed by atoms with E-state index in [1.54, 1.807) is 0 Å². The molecule has 0 aromatic rings. The highest BCUT2D eigenvalue weighted by Gasteiger charge is 2.30. The molecule has 1 aliphatic heterocycles. The van der Waals surface area contributed by atoms with Crippen molar-refractivity contribution in [3.63, 3.8) is 0 Å². The van der Waals surface area contributed by atoms with Gasteiger partial charge in [-0.05, 0) is 26.3 Å². The topological polar surface area (TPSA) is 72.5 Å². The first-order chi connectivity index (χ1) is 6.65. The minimum absolute atomic E-state index is 0.166. The lowest BCUT2D eigenvalue weighted by atomic mass is 10.2. The molecule has 3 N–H and O–H groups in total. The third-order valence-electron chi connectivity index (χ3n) is 2.35. The van der Waals surface area contributed by atoms with E-state index in [9.17, 15) is 4.79 Å². The molecule has 82 valence electrons. The molecule has 0 saturated carbocycles. The first-order valence-corrected chi connectivity index (χ1v) is 5.79. The van der Waals surface area contributed by atoms with E-state index in [4.69, 9.17) is 15.6 Å². The Morgan fingerprint density at radius 3 is 2.93 bits per heavy atom. The third-order valence-corrected chi connectivity index (χ3v) is 4.08. The quantitative estimate of drug-likeness (QED) is 0.712. The van der Waals surface area contributed by atoms with Crippen LogP contribution in [0.15, 0.2) is 0 Å². The fourth-order valence-electron chi connectivity index (χ4n) is 1.50. The van der Waals surface area contributed by atoms with Gasteiger partial charge < -0.3 is 15.6 Å². The molecule has 0 aromatic carbocycles. The summed E-state index contributed by atoms with van der Waals surface area (Å²) in [6.07, 6.45) is 1.64. The number of thioether (sulfide) groups is 1. The van der Waals surface area contributed by atoms with Gasteiger partial charge in [-0.1, -0.05) is 0 Å². The smallest absolute Gasteiger partial charge is 0.316 e. The zero-order valence-electron chi connectivity index (χ0n) is 8.31. The van der Waals surface area contributed by atoms with Crippen molar-refractivity contribution in [1.29, 1.82) is 0 Å². The summed E-state index contributed by atoms with van der Waals surface area (Å²) in [5.74, 6) is -0.764. The van der Waals surface area contributed by atoms with E-state index >= 15 is 0 Å². The van der Waals surface area contributed by atoms with Gasteiger partial charge in [0.25, 0.3) is 0 Å². The van der Waals surface area contributed by atoms with Crippen LogP contribution >= 0.6 is 11.8 Å². The maximum atomic E-state index is 10.9. The molecule has 0 bridgehead atoms. The molecule has 3 atom stereocenters. The molecule has 1 heterocycles.